The fourth-order valence-corrected chi connectivity index (χ4v) is 12.3. The van der Waals surface area contributed by atoms with Crippen molar-refractivity contribution in [1.29, 1.82) is 0 Å². The quantitative estimate of drug-likeness (QED) is 0.0146. The number of phosphoric ester groups is 2. The first-order chi connectivity index (χ1) is 47.2. The van der Waals surface area contributed by atoms with Crippen LogP contribution >= 0.6 is 15.6 Å². The van der Waals surface area contributed by atoms with Gasteiger partial charge in [0.2, 0.25) is 0 Å². The smallest absolute Gasteiger partial charge is 0.463 e. The van der Waals surface area contributed by atoms with Gasteiger partial charge in [0.25, 0.3) is 0 Å². The van der Waals surface area contributed by atoms with Crippen LogP contribution in [0.3, 0.4) is 0 Å². The second kappa shape index (κ2) is 72.5. The van der Waals surface area contributed by atoms with E-state index in [2.05, 4.69) is 106 Å². The van der Waals surface area contributed by atoms with E-state index in [1.807, 2.05) is 0 Å². The van der Waals surface area contributed by atoms with Gasteiger partial charge in [-0.05, 0) is 89.9 Å². The molecule has 16 nitrogen and oxygen atoms in total. The first kappa shape index (κ1) is 93.7. The van der Waals surface area contributed by atoms with Crippen molar-refractivity contribution >= 4 is 33.6 Å². The van der Waals surface area contributed by atoms with E-state index in [0.29, 0.717) is 19.3 Å². The van der Waals surface area contributed by atoms with E-state index in [0.717, 1.165) is 122 Å². The van der Waals surface area contributed by atoms with E-state index in [4.69, 9.17) is 32.3 Å². The van der Waals surface area contributed by atoms with Gasteiger partial charge in [-0.25, -0.2) is 9.13 Å². The van der Waals surface area contributed by atoms with Crippen LogP contribution in [-0.2, 0) is 55.8 Å². The summed E-state index contributed by atoms with van der Waals surface area (Å²) in [6, 6.07) is 0. The number of allylic oxidation sites excluding steroid dienone is 14. The van der Waals surface area contributed by atoms with Gasteiger partial charge in [-0.3, -0.25) is 32.5 Å². The molecular formula is C79H142O16P2. The monoisotopic (exact) mass is 1410 g/mol. The Bertz CT molecular complexity index is 2110. The Labute approximate surface area is 591 Å². The molecule has 0 aliphatic carbocycles. The van der Waals surface area contributed by atoms with Crippen LogP contribution in [0.15, 0.2) is 85.1 Å². The molecule has 0 aliphatic heterocycles. The number of carbonyl (C=O) groups excluding carboxylic acids is 3. The molecular weight excluding hydrogens is 1270 g/mol. The Morgan fingerprint density at radius 3 is 0.907 bits per heavy atom. The van der Waals surface area contributed by atoms with Gasteiger partial charge in [-0.2, -0.15) is 0 Å². The predicted octanol–water partition coefficient (Wildman–Crippen LogP) is 22.4. The van der Waals surface area contributed by atoms with Crippen LogP contribution in [0.2, 0.25) is 0 Å². The van der Waals surface area contributed by atoms with Crippen LogP contribution in [0.1, 0.15) is 342 Å². The third-order valence-corrected chi connectivity index (χ3v) is 18.5. The van der Waals surface area contributed by atoms with E-state index in [-0.39, 0.29) is 19.3 Å². The zero-order valence-electron chi connectivity index (χ0n) is 61.5. The number of carbonyl (C=O) groups is 3. The van der Waals surface area contributed by atoms with Gasteiger partial charge in [0.05, 0.1) is 26.4 Å². The van der Waals surface area contributed by atoms with Crippen molar-refractivity contribution in [3.63, 3.8) is 0 Å². The predicted molar refractivity (Wildman–Crippen MR) is 399 cm³/mol. The van der Waals surface area contributed by atoms with Crippen molar-refractivity contribution < 1.29 is 75.8 Å². The van der Waals surface area contributed by atoms with E-state index in [9.17, 15) is 43.5 Å². The van der Waals surface area contributed by atoms with Crippen molar-refractivity contribution in [2.75, 3.05) is 39.6 Å². The molecule has 564 valence electrons. The number of aliphatic hydroxyl groups is 2. The molecule has 0 aromatic heterocycles. The van der Waals surface area contributed by atoms with Crippen LogP contribution in [0.25, 0.3) is 0 Å². The van der Waals surface area contributed by atoms with Gasteiger partial charge >= 0.3 is 33.6 Å². The lowest BCUT2D eigenvalue weighted by molar-refractivity contribution is -0.161. The van der Waals surface area contributed by atoms with Crippen LogP contribution in [-0.4, -0.2) is 95.9 Å². The number of unbranched alkanes of at least 4 members (excludes halogenated alkanes) is 37. The molecule has 0 rings (SSSR count). The third kappa shape index (κ3) is 73.8. The average molecular weight is 1410 g/mol. The molecule has 0 heterocycles. The largest absolute Gasteiger partial charge is 0.472 e. The van der Waals surface area contributed by atoms with Crippen molar-refractivity contribution in [2.24, 2.45) is 0 Å². The number of hydrogen-bond acceptors (Lipinski definition) is 14. The van der Waals surface area contributed by atoms with Crippen LogP contribution in [0.5, 0.6) is 0 Å². The summed E-state index contributed by atoms with van der Waals surface area (Å²) >= 11 is 0. The molecule has 0 radical (unpaired) electrons. The summed E-state index contributed by atoms with van der Waals surface area (Å²) in [5.41, 5.74) is 0. The number of phosphoric acid groups is 2. The molecule has 18 heteroatoms. The molecule has 0 amide bonds. The van der Waals surface area contributed by atoms with E-state index in [1.165, 1.54) is 161 Å². The molecule has 0 aromatic rings. The maximum absolute atomic E-state index is 12.9. The molecule has 0 bridgehead atoms. The lowest BCUT2D eigenvalue weighted by Gasteiger charge is -2.21. The van der Waals surface area contributed by atoms with Crippen molar-refractivity contribution in [2.45, 2.75) is 360 Å². The molecule has 0 saturated heterocycles. The van der Waals surface area contributed by atoms with Crippen molar-refractivity contribution in [3.8, 4) is 0 Å². The van der Waals surface area contributed by atoms with Crippen LogP contribution < -0.4 is 0 Å². The summed E-state index contributed by atoms with van der Waals surface area (Å²) in [7, 11) is -9.77. The zero-order chi connectivity index (χ0) is 70.9. The Kier molecular flexibility index (Phi) is 70.1. The number of aliphatic hydroxyl groups excluding tert-OH is 2. The molecule has 5 atom stereocenters. The SMILES string of the molecule is CC/C=C\C/C=C\C/C=C\C/C=C\C/C=C\CCCCCCCCCCCCCCCCCCCC(=O)OCC(O)COP(=O)(O)OCC(O)COP(=O)(O)OCC(COC(=O)CCCCCCCCCCCCCCCCC)OC(=O)CCCCCCC/C=C\C/C=C\CCC. The summed E-state index contributed by atoms with van der Waals surface area (Å²) in [6.07, 6.45) is 80.9. The summed E-state index contributed by atoms with van der Waals surface area (Å²) < 4.78 is 61.0. The van der Waals surface area contributed by atoms with Crippen molar-refractivity contribution in [3.05, 3.63) is 85.1 Å². The second-order valence-corrected chi connectivity index (χ2v) is 29.0. The lowest BCUT2D eigenvalue weighted by atomic mass is 10.0. The van der Waals surface area contributed by atoms with Gasteiger partial charge in [0, 0.05) is 19.3 Å². The Morgan fingerprint density at radius 2 is 0.567 bits per heavy atom. The highest BCUT2D eigenvalue weighted by molar-refractivity contribution is 7.47. The molecule has 0 aliphatic rings. The minimum atomic E-state index is -4.92. The third-order valence-electron chi connectivity index (χ3n) is 16.6. The van der Waals surface area contributed by atoms with Crippen LogP contribution in [0.4, 0.5) is 0 Å². The van der Waals surface area contributed by atoms with E-state index < -0.39 is 91.5 Å². The fourth-order valence-electron chi connectivity index (χ4n) is 10.7. The maximum Gasteiger partial charge on any atom is 0.472 e. The molecule has 5 unspecified atom stereocenters. The highest BCUT2D eigenvalue weighted by Gasteiger charge is 2.29. The summed E-state index contributed by atoms with van der Waals surface area (Å²) in [5.74, 6) is -1.57. The highest BCUT2D eigenvalue weighted by Crippen LogP contribution is 2.45. The second-order valence-electron chi connectivity index (χ2n) is 26.1. The molecule has 0 saturated carbocycles. The first-order valence-corrected chi connectivity index (χ1v) is 41.9. The Morgan fingerprint density at radius 1 is 0.299 bits per heavy atom. The number of ether oxygens (including phenoxy) is 3. The van der Waals surface area contributed by atoms with Gasteiger partial charge in [0.1, 0.15) is 25.4 Å². The number of esters is 3. The molecule has 0 spiro atoms. The van der Waals surface area contributed by atoms with Gasteiger partial charge in [-0.1, -0.05) is 318 Å². The number of hydrogen-bond donors (Lipinski definition) is 4. The summed E-state index contributed by atoms with van der Waals surface area (Å²) in [5, 5.41) is 20.6. The summed E-state index contributed by atoms with van der Waals surface area (Å²) in [4.78, 5) is 58.5. The molecule has 0 fully saturated rings. The highest BCUT2D eigenvalue weighted by atomic mass is 31.2. The first-order valence-electron chi connectivity index (χ1n) is 38.9. The topological polar surface area (TPSA) is 231 Å². The summed E-state index contributed by atoms with van der Waals surface area (Å²) in [6.45, 7) is 2.53. The minimum Gasteiger partial charge on any atom is -0.463 e. The average Bonchev–Trinajstić information content (AvgIpc) is 1.49. The Balaban J connectivity index is 4.34. The maximum atomic E-state index is 12.9. The number of rotatable bonds is 74. The molecule has 0 aromatic carbocycles. The normalized spacial score (nSPS) is 14.5. The lowest BCUT2D eigenvalue weighted by Crippen LogP contribution is -2.30. The Hall–Kier alpha value is -3.27. The van der Waals surface area contributed by atoms with Crippen molar-refractivity contribution in [1.82, 2.24) is 0 Å². The molecule has 97 heavy (non-hydrogen) atoms. The minimum absolute atomic E-state index is 0.0925. The molecule has 4 N–H and O–H groups in total. The fraction of sp³-hybridized carbons (Fsp3) is 0.785. The standard InChI is InChI=1S/C79H142O16P2/c1-4-7-10-13-16-19-22-25-27-28-29-30-31-32-33-34-35-36-37-38-39-40-41-42-43-44-46-49-50-53-56-59-62-65-77(82)89-68-74(80)69-91-96(85,86)92-70-75(81)71-93-97(87,88)94-73-76(95-79(84)67-64-61-58-55-52-47-24-21-18-15-12-9-6-3)72-90-78(83)66-63-60-57-54-51-48-45-26-23-20-17-14-11-8-5-2/h7,10,12,15-16,19,21,24-25,27,29-30,32-33,74-76,80-81H,4-6,8-9,11,13-14,17-18,20,22-23,26,28,31,34-73H2,1-3H3,(H,85,86)(H,87,88)/b10-7-,15-12-,19-16-,24-21-,27-25-,30-29-,33-32-. The van der Waals surface area contributed by atoms with Gasteiger partial charge in [-0.15, -0.1) is 0 Å². The zero-order valence-corrected chi connectivity index (χ0v) is 63.3. The van der Waals surface area contributed by atoms with Gasteiger partial charge in [0.15, 0.2) is 6.10 Å². The van der Waals surface area contributed by atoms with E-state index in [1.54, 1.807) is 0 Å². The van der Waals surface area contributed by atoms with E-state index >= 15 is 0 Å². The van der Waals surface area contributed by atoms with Gasteiger partial charge < -0.3 is 34.2 Å². The van der Waals surface area contributed by atoms with Crippen LogP contribution in [0, 0.1) is 0 Å².